The van der Waals surface area contributed by atoms with Crippen LogP contribution in [0.4, 0.5) is 9.52 Å². The van der Waals surface area contributed by atoms with Crippen LogP contribution in [0, 0.1) is 12.7 Å². The minimum atomic E-state index is -3.69. The zero-order valence-corrected chi connectivity index (χ0v) is 18.6. The van der Waals surface area contributed by atoms with Crippen LogP contribution in [0.3, 0.4) is 0 Å². The Morgan fingerprint density at radius 3 is 2.77 bits per heavy atom. The molecular formula is C20H20FN3O3S3. The SMILES string of the molecule is Cc1nc(NC(=O)C2CCCN2S(=O)(=O)c2cccs2)sc1Cc1ccc(F)cc1. The molecule has 10 heteroatoms. The number of aryl methyl sites for hydroxylation is 1. The summed E-state index contributed by atoms with van der Waals surface area (Å²) in [5, 5.41) is 4.94. The fourth-order valence-corrected chi connectivity index (χ4v) is 7.21. The van der Waals surface area contributed by atoms with E-state index in [4.69, 9.17) is 0 Å². The van der Waals surface area contributed by atoms with Crippen LogP contribution in [-0.2, 0) is 21.2 Å². The third kappa shape index (κ3) is 4.31. The number of sulfonamides is 1. The predicted octanol–water partition coefficient (Wildman–Crippen LogP) is 4.03. The number of carbonyl (C=O) groups is 1. The number of thiazole rings is 1. The second kappa shape index (κ2) is 8.54. The van der Waals surface area contributed by atoms with Crippen LogP contribution in [-0.4, -0.2) is 36.2 Å². The highest BCUT2D eigenvalue weighted by molar-refractivity contribution is 7.91. The van der Waals surface area contributed by atoms with E-state index in [9.17, 15) is 17.6 Å². The minimum Gasteiger partial charge on any atom is -0.301 e. The third-order valence-electron chi connectivity index (χ3n) is 4.97. The molecule has 3 aromatic rings. The number of nitrogens with zero attached hydrogens (tertiary/aromatic N) is 2. The summed E-state index contributed by atoms with van der Waals surface area (Å²) < 4.78 is 40.4. The Bertz CT molecular complexity index is 1140. The molecule has 1 saturated heterocycles. The zero-order valence-electron chi connectivity index (χ0n) is 16.2. The number of carbonyl (C=O) groups excluding carboxylic acids is 1. The fourth-order valence-electron chi connectivity index (χ4n) is 3.44. The van der Waals surface area contributed by atoms with Gasteiger partial charge in [0.15, 0.2) is 5.13 Å². The van der Waals surface area contributed by atoms with Gasteiger partial charge in [-0.2, -0.15) is 4.31 Å². The number of benzene rings is 1. The lowest BCUT2D eigenvalue weighted by molar-refractivity contribution is -0.119. The molecule has 4 rings (SSSR count). The Morgan fingerprint density at radius 2 is 2.07 bits per heavy atom. The zero-order chi connectivity index (χ0) is 21.3. The average molecular weight is 466 g/mol. The molecule has 1 fully saturated rings. The van der Waals surface area contributed by atoms with E-state index in [0.717, 1.165) is 27.5 Å². The van der Waals surface area contributed by atoms with Crippen LogP contribution in [0.2, 0.25) is 0 Å². The van der Waals surface area contributed by atoms with Gasteiger partial charge in [0.25, 0.3) is 10.0 Å². The number of anilines is 1. The molecule has 0 bridgehead atoms. The van der Waals surface area contributed by atoms with Crippen molar-refractivity contribution in [2.75, 3.05) is 11.9 Å². The van der Waals surface area contributed by atoms with E-state index in [2.05, 4.69) is 10.3 Å². The first-order valence-electron chi connectivity index (χ1n) is 9.41. The largest absolute Gasteiger partial charge is 0.301 e. The number of hydrogen-bond donors (Lipinski definition) is 1. The fraction of sp³-hybridized carbons (Fsp3) is 0.300. The lowest BCUT2D eigenvalue weighted by Crippen LogP contribution is -2.42. The maximum Gasteiger partial charge on any atom is 0.253 e. The van der Waals surface area contributed by atoms with Crippen molar-refractivity contribution < 1.29 is 17.6 Å². The van der Waals surface area contributed by atoms with Crippen molar-refractivity contribution in [3.63, 3.8) is 0 Å². The molecule has 0 saturated carbocycles. The normalized spacial score (nSPS) is 17.3. The monoisotopic (exact) mass is 465 g/mol. The summed E-state index contributed by atoms with van der Waals surface area (Å²) in [6.07, 6.45) is 1.70. The van der Waals surface area contributed by atoms with Crippen LogP contribution >= 0.6 is 22.7 Å². The van der Waals surface area contributed by atoms with E-state index in [-0.39, 0.29) is 15.9 Å². The highest BCUT2D eigenvalue weighted by atomic mass is 32.2. The number of nitrogens with one attached hydrogen (secondary N) is 1. The molecule has 158 valence electrons. The summed E-state index contributed by atoms with van der Waals surface area (Å²) in [7, 11) is -3.69. The lowest BCUT2D eigenvalue weighted by atomic mass is 10.1. The molecule has 30 heavy (non-hydrogen) atoms. The molecule has 1 unspecified atom stereocenters. The van der Waals surface area contributed by atoms with E-state index in [1.807, 2.05) is 6.92 Å². The Labute approximate surface area is 182 Å². The molecule has 1 aliphatic heterocycles. The van der Waals surface area contributed by atoms with Gasteiger partial charge in [-0.15, -0.1) is 22.7 Å². The van der Waals surface area contributed by atoms with Gasteiger partial charge >= 0.3 is 0 Å². The molecular weight excluding hydrogens is 445 g/mol. The summed E-state index contributed by atoms with van der Waals surface area (Å²) in [6, 6.07) is 8.76. The van der Waals surface area contributed by atoms with Gasteiger partial charge in [0.2, 0.25) is 5.91 Å². The van der Waals surface area contributed by atoms with Gasteiger partial charge in [-0.25, -0.2) is 17.8 Å². The topological polar surface area (TPSA) is 79.4 Å². The first-order chi connectivity index (χ1) is 14.3. The van der Waals surface area contributed by atoms with Gasteiger partial charge in [-0.3, -0.25) is 4.79 Å². The van der Waals surface area contributed by atoms with Gasteiger partial charge < -0.3 is 5.32 Å². The van der Waals surface area contributed by atoms with E-state index >= 15 is 0 Å². The molecule has 0 aliphatic carbocycles. The molecule has 0 spiro atoms. The van der Waals surface area contributed by atoms with E-state index in [1.165, 1.54) is 27.8 Å². The van der Waals surface area contributed by atoms with Crippen molar-refractivity contribution in [3.8, 4) is 0 Å². The third-order valence-corrected chi connectivity index (χ3v) is 9.32. The molecule has 1 N–H and O–H groups in total. The van der Waals surface area contributed by atoms with Crippen LogP contribution in [0.25, 0.3) is 0 Å². The predicted molar refractivity (Wildman–Crippen MR) is 116 cm³/mol. The Kier molecular flexibility index (Phi) is 6.01. The number of rotatable bonds is 6. The van der Waals surface area contributed by atoms with Crippen molar-refractivity contribution in [2.24, 2.45) is 0 Å². The second-order valence-electron chi connectivity index (χ2n) is 7.03. The Morgan fingerprint density at radius 1 is 1.30 bits per heavy atom. The lowest BCUT2D eigenvalue weighted by Gasteiger charge is -2.22. The van der Waals surface area contributed by atoms with E-state index in [1.54, 1.807) is 29.6 Å². The molecule has 6 nitrogen and oxygen atoms in total. The molecule has 1 amide bonds. The highest BCUT2D eigenvalue weighted by Crippen LogP contribution is 2.30. The Balaban J connectivity index is 1.48. The van der Waals surface area contributed by atoms with Crippen LogP contribution in [0.1, 0.15) is 29.0 Å². The summed E-state index contributed by atoms with van der Waals surface area (Å²) in [6.45, 7) is 2.18. The van der Waals surface area contributed by atoms with Gasteiger partial charge in [0, 0.05) is 17.8 Å². The number of thiophene rings is 1. The maximum atomic E-state index is 13.1. The van der Waals surface area contributed by atoms with Crippen molar-refractivity contribution >= 4 is 43.7 Å². The van der Waals surface area contributed by atoms with Crippen LogP contribution < -0.4 is 5.32 Å². The van der Waals surface area contributed by atoms with Crippen LogP contribution in [0.5, 0.6) is 0 Å². The number of amides is 1. The molecule has 2 aromatic heterocycles. The summed E-state index contributed by atoms with van der Waals surface area (Å²) in [5.74, 6) is -0.652. The van der Waals surface area contributed by atoms with Gasteiger partial charge in [-0.1, -0.05) is 18.2 Å². The Hall–Kier alpha value is -2.14. The summed E-state index contributed by atoms with van der Waals surface area (Å²) >= 11 is 2.50. The van der Waals surface area contributed by atoms with Gasteiger partial charge in [0.1, 0.15) is 16.1 Å². The van der Waals surface area contributed by atoms with Crippen molar-refractivity contribution in [2.45, 2.75) is 36.4 Å². The van der Waals surface area contributed by atoms with E-state index in [0.29, 0.717) is 30.9 Å². The number of hydrogen-bond acceptors (Lipinski definition) is 6. The van der Waals surface area contributed by atoms with Crippen LogP contribution in [0.15, 0.2) is 46.0 Å². The quantitative estimate of drug-likeness (QED) is 0.596. The van der Waals surface area contributed by atoms with Gasteiger partial charge in [-0.05, 0) is 48.9 Å². The summed E-state index contributed by atoms with van der Waals surface area (Å²) in [5.41, 5.74) is 1.74. The highest BCUT2D eigenvalue weighted by Gasteiger charge is 2.40. The molecule has 1 aliphatic rings. The number of aromatic nitrogens is 1. The van der Waals surface area contributed by atoms with Crippen molar-refractivity contribution in [1.29, 1.82) is 0 Å². The van der Waals surface area contributed by atoms with Crippen molar-refractivity contribution in [1.82, 2.24) is 9.29 Å². The maximum absolute atomic E-state index is 13.1. The molecule has 1 aromatic carbocycles. The number of halogens is 1. The minimum absolute atomic E-state index is 0.244. The van der Waals surface area contributed by atoms with Crippen molar-refractivity contribution in [3.05, 3.63) is 63.7 Å². The average Bonchev–Trinajstić information content (AvgIpc) is 3.45. The first kappa shape index (κ1) is 21.1. The van der Waals surface area contributed by atoms with Gasteiger partial charge in [0.05, 0.1) is 5.69 Å². The summed E-state index contributed by atoms with van der Waals surface area (Å²) in [4.78, 5) is 18.3. The molecule has 0 radical (unpaired) electrons. The van der Waals surface area contributed by atoms with E-state index < -0.39 is 16.1 Å². The molecule has 1 atom stereocenters. The first-order valence-corrected chi connectivity index (χ1v) is 12.5. The standard InChI is InChI=1S/C20H20FN3O3S3/c1-13-17(12-14-6-8-15(21)9-7-14)29-20(22-13)23-19(25)16-4-2-10-24(16)30(26,27)18-5-3-11-28-18/h3,5-9,11,16H,2,4,10,12H2,1H3,(H,22,23,25). The smallest absolute Gasteiger partial charge is 0.253 e. The second-order valence-corrected chi connectivity index (χ2v) is 11.2. The molecule has 3 heterocycles.